The van der Waals surface area contributed by atoms with Crippen molar-refractivity contribution in [3.63, 3.8) is 0 Å². The summed E-state index contributed by atoms with van der Waals surface area (Å²) in [6.45, 7) is 11.8. The van der Waals surface area contributed by atoms with Gasteiger partial charge in [0.05, 0.1) is 37.9 Å². The van der Waals surface area contributed by atoms with Crippen LogP contribution in [0.25, 0.3) is 10.7 Å². The SMILES string of the molecule is C#CCCCCOCCOCCCCCO/N=C1\CCC(CC=C)C1.C[N-]c1c(C(=[N-])N2CC3(CCCN(C)C3)C2)cnn1C1CCC(COC[PH+]=O)O1.[Y]. The van der Waals surface area contributed by atoms with Crippen molar-refractivity contribution in [2.24, 2.45) is 16.5 Å². The van der Waals surface area contributed by atoms with Crippen LogP contribution in [0.3, 0.4) is 0 Å². The van der Waals surface area contributed by atoms with Gasteiger partial charge in [-0.05, 0) is 133 Å². The molecule has 3 aliphatic heterocycles. The van der Waals surface area contributed by atoms with Crippen LogP contribution in [0.5, 0.6) is 0 Å². The first-order chi connectivity index (χ1) is 26.4. The Kier molecular flexibility index (Phi) is 23.4. The van der Waals surface area contributed by atoms with Crippen LogP contribution in [0.4, 0.5) is 5.82 Å². The summed E-state index contributed by atoms with van der Waals surface area (Å²) in [5.41, 5.74) is 2.17. The molecule has 1 radical (unpaired) electrons. The van der Waals surface area contributed by atoms with Crippen LogP contribution in [0, 0.1) is 23.7 Å². The minimum Gasteiger partial charge on any atom is -0.467 e. The maximum absolute atomic E-state index is 10.9. The molecule has 55 heavy (non-hydrogen) atoms. The number of hydrogen-bond donors (Lipinski definition) is 0. The van der Waals surface area contributed by atoms with Crippen molar-refractivity contribution in [2.45, 2.75) is 102 Å². The maximum Gasteiger partial charge on any atom is 0.353 e. The number of piperidine rings is 1. The molecule has 15 heteroatoms. The Morgan fingerprint density at radius 3 is 2.60 bits per heavy atom. The van der Waals surface area contributed by atoms with E-state index in [4.69, 9.17) is 30.2 Å². The molecule has 0 N–H and O–H groups in total. The van der Waals surface area contributed by atoms with E-state index in [2.05, 4.69) is 40.0 Å². The Labute approximate surface area is 357 Å². The van der Waals surface area contributed by atoms with E-state index >= 15 is 0 Å². The predicted octanol–water partition coefficient (Wildman–Crippen LogP) is 7.28. The molecule has 13 nitrogen and oxygen atoms in total. The third-order valence-electron chi connectivity index (χ3n) is 10.6. The second kappa shape index (κ2) is 27.0. The van der Waals surface area contributed by atoms with E-state index in [0.29, 0.717) is 43.2 Å². The third-order valence-corrected chi connectivity index (χ3v) is 10.9. The van der Waals surface area contributed by atoms with E-state index in [1.54, 1.807) is 17.9 Å². The molecule has 1 aromatic heterocycles. The fourth-order valence-electron chi connectivity index (χ4n) is 7.83. The summed E-state index contributed by atoms with van der Waals surface area (Å²) in [7, 11) is 3.43. The molecule has 1 aromatic rings. The Bertz CT molecular complexity index is 1350. The molecule has 1 aliphatic carbocycles. The van der Waals surface area contributed by atoms with Crippen molar-refractivity contribution in [3.8, 4) is 12.3 Å². The van der Waals surface area contributed by atoms with Crippen molar-refractivity contribution in [1.29, 1.82) is 0 Å². The van der Waals surface area contributed by atoms with Crippen LogP contribution in [-0.2, 0) is 61.1 Å². The maximum atomic E-state index is 10.9. The Morgan fingerprint density at radius 2 is 1.89 bits per heavy atom. The summed E-state index contributed by atoms with van der Waals surface area (Å²) >= 11 is 0. The Balaban J connectivity index is 0.000000294. The van der Waals surface area contributed by atoms with Gasteiger partial charge < -0.3 is 49.0 Å². The zero-order valence-corrected chi connectivity index (χ0v) is 37.3. The van der Waals surface area contributed by atoms with E-state index in [-0.39, 0.29) is 57.2 Å². The molecule has 4 atom stereocenters. The minimum atomic E-state index is -0.452. The second-order valence-electron chi connectivity index (χ2n) is 15.1. The molecule has 4 aliphatic rings. The average molecular weight is 860 g/mol. The number of terminal acetylenes is 1. The predicted molar refractivity (Wildman–Crippen MR) is 216 cm³/mol. The van der Waals surface area contributed by atoms with Crippen molar-refractivity contribution in [2.75, 3.05) is 86.3 Å². The average Bonchev–Trinajstić information content (AvgIpc) is 3.93. The molecule has 4 fully saturated rings. The van der Waals surface area contributed by atoms with Gasteiger partial charge in [-0.1, -0.05) is 28.7 Å². The van der Waals surface area contributed by atoms with Crippen molar-refractivity contribution < 1.29 is 61.1 Å². The third kappa shape index (κ3) is 16.2. The van der Waals surface area contributed by atoms with Crippen LogP contribution in [0.1, 0.15) is 102 Å². The number of amidine groups is 1. The number of unbranched alkanes of at least 4 members (excludes halogenated alkanes) is 4. The van der Waals surface area contributed by atoms with Gasteiger partial charge in [-0.3, -0.25) is 5.10 Å². The minimum absolute atomic E-state index is 0. The van der Waals surface area contributed by atoms with Gasteiger partial charge in [0.15, 0.2) is 0 Å². The van der Waals surface area contributed by atoms with Crippen molar-refractivity contribution in [1.82, 2.24) is 19.6 Å². The first-order valence-electron chi connectivity index (χ1n) is 20.0. The van der Waals surface area contributed by atoms with Gasteiger partial charge in [-0.2, -0.15) is 0 Å². The van der Waals surface area contributed by atoms with Crippen LogP contribution in [-0.4, -0.2) is 123 Å². The van der Waals surface area contributed by atoms with Crippen molar-refractivity contribution >= 4 is 25.8 Å². The second-order valence-corrected chi connectivity index (χ2v) is 15.7. The van der Waals surface area contributed by atoms with E-state index in [1.807, 2.05) is 11.0 Å². The molecule has 5 rings (SSSR count). The standard InChI is InChI=1S/C21H35NO3.C19H29N6O3P.Y/c1-3-5-6-8-14-23-17-18-24-15-9-7-10-16-25-22-21-13-12-20(19-21)11-4-2;1-21-18-15(17(20)24-11-19(12-24)6-3-7-23(2)10-19)8-22-25(18)16-5-4-14(28-16)9-27-13-29-26;/h1,4,20H,2,5-19H2;8,14,16H,3-7,9-13H2,1-2H3;/q;-2;/p+1/b22-21+;;. The normalized spacial score (nSPS) is 22.5. The van der Waals surface area contributed by atoms with Crippen LogP contribution < -0.4 is 0 Å². The van der Waals surface area contributed by atoms with E-state index in [1.165, 1.54) is 25.0 Å². The summed E-state index contributed by atoms with van der Waals surface area (Å²) in [6, 6.07) is 0. The van der Waals surface area contributed by atoms with Crippen LogP contribution >= 0.6 is 8.46 Å². The van der Waals surface area contributed by atoms with Gasteiger partial charge >= 0.3 is 8.46 Å². The summed E-state index contributed by atoms with van der Waals surface area (Å²) < 4.78 is 34.7. The molecule has 4 heterocycles. The first kappa shape index (κ1) is 47.6. The molecule has 4 unspecified atom stereocenters. The molecule has 0 aromatic carbocycles. The smallest absolute Gasteiger partial charge is 0.353 e. The molecule has 305 valence electrons. The topological polar surface area (TPSA) is 136 Å². The molecule has 1 spiro atoms. The molecule has 0 bridgehead atoms. The quantitative estimate of drug-likeness (QED) is 0.0212. The fraction of sp³-hybridized carbons (Fsp3) is 0.775. The number of nitrogens with zero attached hydrogens (tertiary/aromatic N) is 7. The number of hydrogen-bond acceptors (Lipinski definition) is 9. The number of aromatic nitrogens is 2. The summed E-state index contributed by atoms with van der Waals surface area (Å²) in [5.74, 6) is 4.25. The number of ether oxygens (including phenoxy) is 4. The largest absolute Gasteiger partial charge is 0.467 e. The molecule has 3 saturated heterocycles. The van der Waals surface area contributed by atoms with Gasteiger partial charge in [-0.15, -0.1) is 18.9 Å². The number of likely N-dealkylation sites (tertiary alicyclic amines) is 2. The monoisotopic (exact) mass is 859 g/mol. The summed E-state index contributed by atoms with van der Waals surface area (Å²) in [6.07, 6.45) is 23.5. The fourth-order valence-corrected chi connectivity index (χ4v) is 8.03. The van der Waals surface area contributed by atoms with Gasteiger partial charge in [0.25, 0.3) is 0 Å². The van der Waals surface area contributed by atoms with Gasteiger partial charge in [0, 0.05) is 65.1 Å². The number of allylic oxidation sites excluding steroid dienone is 1. The van der Waals surface area contributed by atoms with E-state index in [0.717, 1.165) is 116 Å². The first-order valence-corrected chi connectivity index (χ1v) is 21.2. The Hall–Kier alpha value is -1.75. The van der Waals surface area contributed by atoms with Crippen LogP contribution in [0.15, 0.2) is 24.0 Å². The molecular formula is C40H65N7O6PY-. The molecule has 0 amide bonds. The van der Waals surface area contributed by atoms with E-state index in [9.17, 15) is 9.97 Å². The molecule has 1 saturated carbocycles. The van der Waals surface area contributed by atoms with Gasteiger partial charge in [0.1, 0.15) is 6.61 Å². The summed E-state index contributed by atoms with van der Waals surface area (Å²) in [4.78, 5) is 9.85. The number of rotatable bonds is 23. The summed E-state index contributed by atoms with van der Waals surface area (Å²) in [5, 5.41) is 24.0. The number of oxime groups is 1. The Morgan fingerprint density at radius 1 is 1.13 bits per heavy atom. The zero-order valence-electron chi connectivity index (χ0n) is 33.5. The van der Waals surface area contributed by atoms with Crippen molar-refractivity contribution in [3.05, 3.63) is 35.1 Å². The zero-order chi connectivity index (χ0) is 38.4. The molecular weight excluding hydrogens is 794 g/mol. The van der Waals surface area contributed by atoms with Gasteiger partial charge in [-0.25, -0.2) is 0 Å². The van der Waals surface area contributed by atoms with Gasteiger partial charge in [0.2, 0.25) is 6.35 Å². The van der Waals surface area contributed by atoms with Crippen LogP contribution in [0.2, 0.25) is 0 Å². The van der Waals surface area contributed by atoms with E-state index < -0.39 is 8.46 Å².